The van der Waals surface area contributed by atoms with Crippen molar-refractivity contribution in [1.82, 2.24) is 9.88 Å². The van der Waals surface area contributed by atoms with Crippen LogP contribution >= 0.6 is 0 Å². The van der Waals surface area contributed by atoms with Gasteiger partial charge < -0.3 is 20.5 Å². The number of esters is 1. The van der Waals surface area contributed by atoms with E-state index in [9.17, 15) is 23.2 Å². The predicted octanol–water partition coefficient (Wildman–Crippen LogP) is 5.75. The Hall–Kier alpha value is -4.19. The van der Waals surface area contributed by atoms with Gasteiger partial charge in [0.05, 0.1) is 17.7 Å². The number of pyridine rings is 1. The van der Waals surface area contributed by atoms with E-state index in [2.05, 4.69) is 5.32 Å². The summed E-state index contributed by atoms with van der Waals surface area (Å²) in [6.45, 7) is -0.0578. The van der Waals surface area contributed by atoms with Crippen molar-refractivity contribution >= 4 is 17.6 Å². The van der Waals surface area contributed by atoms with Crippen LogP contribution in [0.25, 0.3) is 5.69 Å². The molecular formula is C33H35F4N3O5. The Kier molecular flexibility index (Phi) is 10.2. The number of nitrogens with zero attached hydrogens (tertiary/aromatic N) is 1. The van der Waals surface area contributed by atoms with E-state index in [0.717, 1.165) is 94.2 Å². The van der Waals surface area contributed by atoms with Gasteiger partial charge in [-0.05, 0) is 56.7 Å². The average molecular weight is 630 g/mol. The van der Waals surface area contributed by atoms with Gasteiger partial charge in [-0.1, -0.05) is 19.3 Å². The van der Waals surface area contributed by atoms with Gasteiger partial charge in [-0.15, -0.1) is 0 Å². The van der Waals surface area contributed by atoms with Gasteiger partial charge in [0.2, 0.25) is 0 Å². The minimum absolute atomic E-state index is 0.0578. The molecule has 0 aliphatic heterocycles. The molecule has 45 heavy (non-hydrogen) atoms. The van der Waals surface area contributed by atoms with Crippen LogP contribution in [-0.4, -0.2) is 41.1 Å². The number of anilines is 1. The maximum absolute atomic E-state index is 15.4. The zero-order chi connectivity index (χ0) is 32.1. The van der Waals surface area contributed by atoms with Crippen molar-refractivity contribution in [2.24, 2.45) is 0 Å². The molecule has 5 rings (SSSR count). The Labute approximate surface area is 257 Å². The van der Waals surface area contributed by atoms with E-state index in [1.165, 1.54) is 0 Å². The number of nitrogens with one attached hydrogen (secondary N) is 1. The van der Waals surface area contributed by atoms with Crippen LogP contribution < -0.4 is 21.3 Å². The van der Waals surface area contributed by atoms with Crippen molar-refractivity contribution in [1.29, 1.82) is 0 Å². The van der Waals surface area contributed by atoms with E-state index in [0.29, 0.717) is 10.6 Å². The molecule has 8 nitrogen and oxygen atoms in total. The summed E-state index contributed by atoms with van der Waals surface area (Å²) in [7, 11) is 0. The van der Waals surface area contributed by atoms with Crippen molar-refractivity contribution in [3.05, 3.63) is 87.2 Å². The van der Waals surface area contributed by atoms with Crippen molar-refractivity contribution in [2.75, 3.05) is 12.3 Å². The first-order valence-electron chi connectivity index (χ1n) is 15.2. The number of halogens is 4. The third kappa shape index (κ3) is 7.55. The quantitative estimate of drug-likeness (QED) is 0.158. The van der Waals surface area contributed by atoms with E-state index in [-0.39, 0.29) is 36.9 Å². The smallest absolute Gasteiger partial charge is 0.323 e. The highest BCUT2D eigenvalue weighted by atomic mass is 19.1. The predicted molar refractivity (Wildman–Crippen MR) is 158 cm³/mol. The molecule has 2 fully saturated rings. The van der Waals surface area contributed by atoms with Crippen molar-refractivity contribution in [3.8, 4) is 11.4 Å². The van der Waals surface area contributed by atoms with Crippen LogP contribution in [-0.2, 0) is 9.53 Å². The molecule has 2 aliphatic rings. The van der Waals surface area contributed by atoms with Gasteiger partial charge in [0.25, 0.3) is 5.56 Å². The molecule has 12 heteroatoms. The van der Waals surface area contributed by atoms with Gasteiger partial charge >= 0.3 is 5.97 Å². The van der Waals surface area contributed by atoms with Gasteiger partial charge in [0.1, 0.15) is 41.0 Å². The molecule has 1 atom stereocenters. The van der Waals surface area contributed by atoms with Crippen LogP contribution in [0, 0.1) is 23.3 Å². The summed E-state index contributed by atoms with van der Waals surface area (Å²) in [5, 5.41) is 3.39. The van der Waals surface area contributed by atoms with Gasteiger partial charge in [0.15, 0.2) is 17.4 Å². The zero-order valence-electron chi connectivity index (χ0n) is 24.6. The largest absolute Gasteiger partial charge is 0.493 e. The maximum Gasteiger partial charge on any atom is 0.323 e. The third-order valence-corrected chi connectivity index (χ3v) is 8.35. The van der Waals surface area contributed by atoms with E-state index >= 15 is 8.78 Å². The number of carbonyl (C=O) groups is 2. The molecule has 2 aromatic carbocycles. The normalized spacial score (nSPS) is 16.4. The van der Waals surface area contributed by atoms with Gasteiger partial charge in [-0.25, -0.2) is 17.6 Å². The molecular weight excluding hydrogens is 594 g/mol. The Morgan fingerprint density at radius 1 is 0.867 bits per heavy atom. The summed E-state index contributed by atoms with van der Waals surface area (Å²) in [4.78, 5) is 38.7. The summed E-state index contributed by atoms with van der Waals surface area (Å²) < 4.78 is 70.1. The number of hydrogen-bond acceptors (Lipinski definition) is 7. The zero-order valence-corrected chi connectivity index (χ0v) is 24.6. The SMILES string of the molecule is Nc1c(C(=O)c2ccc(F)cc2F)ccc(=O)n1-c1c(F)cc(OCC[C@H](NC2CCCCC2)C(=O)OC2CCCC2)cc1F. The fourth-order valence-electron chi connectivity index (χ4n) is 6.00. The summed E-state index contributed by atoms with van der Waals surface area (Å²) >= 11 is 0. The molecule has 2 aliphatic carbocycles. The first kappa shape index (κ1) is 32.2. The molecule has 0 amide bonds. The number of rotatable bonds is 11. The Morgan fingerprint density at radius 2 is 1.51 bits per heavy atom. The average Bonchev–Trinajstić information content (AvgIpc) is 3.51. The molecule has 240 valence electrons. The van der Waals surface area contributed by atoms with Crippen LogP contribution in [0.3, 0.4) is 0 Å². The number of nitrogens with two attached hydrogens (primary N) is 1. The molecule has 3 aromatic rings. The second kappa shape index (κ2) is 14.3. The number of aromatic nitrogens is 1. The van der Waals surface area contributed by atoms with Gasteiger partial charge in [-0.3, -0.25) is 19.0 Å². The Morgan fingerprint density at radius 3 is 2.18 bits per heavy atom. The number of benzene rings is 2. The second-order valence-corrected chi connectivity index (χ2v) is 11.5. The van der Waals surface area contributed by atoms with Crippen LogP contribution in [0.4, 0.5) is 23.4 Å². The summed E-state index contributed by atoms with van der Waals surface area (Å²) in [6.07, 6.45) is 8.95. The molecule has 0 unspecified atom stereocenters. The topological polar surface area (TPSA) is 113 Å². The van der Waals surface area contributed by atoms with Crippen molar-refractivity contribution < 1.29 is 36.6 Å². The lowest BCUT2D eigenvalue weighted by molar-refractivity contribution is -0.152. The maximum atomic E-state index is 15.4. The first-order chi connectivity index (χ1) is 21.6. The molecule has 2 saturated carbocycles. The highest BCUT2D eigenvalue weighted by Gasteiger charge is 2.29. The monoisotopic (exact) mass is 629 g/mol. The van der Waals surface area contributed by atoms with Crippen molar-refractivity contribution in [3.63, 3.8) is 0 Å². The highest BCUT2D eigenvalue weighted by Crippen LogP contribution is 2.28. The Bertz CT molecular complexity index is 1590. The number of carbonyl (C=O) groups excluding carboxylic acids is 2. The molecule has 0 bridgehead atoms. The summed E-state index contributed by atoms with van der Waals surface area (Å²) in [5.41, 5.74) is 3.24. The molecule has 3 N–H and O–H groups in total. The van der Waals surface area contributed by atoms with E-state index in [1.807, 2.05) is 0 Å². The number of nitrogen functional groups attached to an aromatic ring is 1. The Balaban J connectivity index is 1.32. The van der Waals surface area contributed by atoms with Crippen LogP contribution in [0.5, 0.6) is 5.75 Å². The van der Waals surface area contributed by atoms with E-state index < -0.39 is 63.3 Å². The van der Waals surface area contributed by atoms with Crippen LogP contribution in [0.2, 0.25) is 0 Å². The summed E-state index contributed by atoms with van der Waals surface area (Å²) in [5.74, 6) is -6.71. The third-order valence-electron chi connectivity index (χ3n) is 8.35. The standard InChI is InChI=1S/C33H35F4N3O5/c34-19-10-11-23(25(35)16-19)31(42)24-12-13-29(41)40(32(24)38)30-26(36)17-22(18-27(30)37)44-15-14-28(39-20-6-2-1-3-7-20)33(43)45-21-8-4-5-9-21/h10-13,16-18,20-21,28,39H,1-9,14-15,38H2/t28-/m0/s1. The van der Waals surface area contributed by atoms with E-state index in [4.69, 9.17) is 15.2 Å². The highest BCUT2D eigenvalue weighted by molar-refractivity contribution is 6.11. The molecule has 1 heterocycles. The minimum atomic E-state index is -1.21. The fourth-order valence-corrected chi connectivity index (χ4v) is 6.00. The summed E-state index contributed by atoms with van der Waals surface area (Å²) in [6, 6.07) is 5.38. The van der Waals surface area contributed by atoms with Gasteiger partial charge in [0, 0.05) is 36.7 Å². The molecule has 0 saturated heterocycles. The minimum Gasteiger partial charge on any atom is -0.493 e. The number of ether oxygens (including phenoxy) is 2. The lowest BCUT2D eigenvalue weighted by atomic mass is 9.94. The molecule has 0 spiro atoms. The lowest BCUT2D eigenvalue weighted by Gasteiger charge is -2.28. The second-order valence-electron chi connectivity index (χ2n) is 11.5. The van der Waals surface area contributed by atoms with Crippen LogP contribution in [0.15, 0.2) is 47.3 Å². The van der Waals surface area contributed by atoms with Crippen molar-refractivity contribution in [2.45, 2.75) is 82.4 Å². The van der Waals surface area contributed by atoms with E-state index in [1.54, 1.807) is 0 Å². The fraction of sp³-hybridized carbons (Fsp3) is 0.424. The lowest BCUT2D eigenvalue weighted by Crippen LogP contribution is -2.46. The van der Waals surface area contributed by atoms with Gasteiger partial charge in [-0.2, -0.15) is 0 Å². The number of ketones is 1. The first-order valence-corrected chi connectivity index (χ1v) is 15.2. The molecule has 0 radical (unpaired) electrons. The van der Waals surface area contributed by atoms with Crippen LogP contribution in [0.1, 0.15) is 80.1 Å². The number of hydrogen-bond donors (Lipinski definition) is 2. The molecule has 1 aromatic heterocycles.